The van der Waals surface area contributed by atoms with Crippen molar-refractivity contribution in [1.29, 1.82) is 0 Å². The first-order valence-electron chi connectivity index (χ1n) is 11.8. The molecule has 3 aromatic carbocycles. The highest BCUT2D eigenvalue weighted by Gasteiger charge is 2.40. The maximum Gasteiger partial charge on any atom is 0.416 e. The number of amides is 2. The van der Waals surface area contributed by atoms with Crippen molar-refractivity contribution in [2.45, 2.75) is 32.2 Å². The van der Waals surface area contributed by atoms with E-state index >= 15 is 0 Å². The van der Waals surface area contributed by atoms with Gasteiger partial charge in [-0.3, -0.25) is 9.59 Å². The largest absolute Gasteiger partial charge is 0.416 e. The van der Waals surface area contributed by atoms with Crippen molar-refractivity contribution in [3.63, 3.8) is 0 Å². The van der Waals surface area contributed by atoms with Crippen molar-refractivity contribution < 1.29 is 35.9 Å². The Balaban J connectivity index is 1.40. The highest BCUT2D eigenvalue weighted by molar-refractivity contribution is 6.10. The summed E-state index contributed by atoms with van der Waals surface area (Å²) < 4.78 is 81.7. The molecule has 2 amide bonds. The van der Waals surface area contributed by atoms with Crippen molar-refractivity contribution in [2.24, 2.45) is 5.92 Å². The molecule has 1 aromatic heterocycles. The van der Waals surface area contributed by atoms with E-state index in [0.29, 0.717) is 17.8 Å². The summed E-state index contributed by atoms with van der Waals surface area (Å²) in [5, 5.41) is 4.65. The molecule has 11 heteroatoms. The molecule has 0 bridgehead atoms. The topological polar surface area (TPSA) is 54.3 Å². The Labute approximate surface area is 212 Å². The third-order valence-corrected chi connectivity index (χ3v) is 6.74. The fraction of sp³-hybridized carbons (Fsp3) is 0.259. The zero-order valence-electron chi connectivity index (χ0n) is 20.0. The molecule has 2 heterocycles. The molecule has 1 N–H and O–H groups in total. The maximum atomic E-state index is 13.3. The number of rotatable bonds is 4. The lowest BCUT2D eigenvalue weighted by molar-refractivity contribution is -0.143. The third-order valence-electron chi connectivity index (χ3n) is 6.74. The van der Waals surface area contributed by atoms with Gasteiger partial charge in [-0.2, -0.15) is 26.3 Å². The van der Waals surface area contributed by atoms with Gasteiger partial charge in [0.05, 0.1) is 17.0 Å². The number of halogens is 6. The minimum absolute atomic E-state index is 0.0000936. The number of aryl methyl sites for hydroxylation is 1. The molecular weight excluding hydrogens is 512 g/mol. The molecule has 0 radical (unpaired) electrons. The summed E-state index contributed by atoms with van der Waals surface area (Å²) in [6, 6.07) is 14.2. The lowest BCUT2D eigenvalue weighted by Crippen LogP contribution is -2.28. The van der Waals surface area contributed by atoms with E-state index in [2.05, 4.69) is 9.88 Å². The van der Waals surface area contributed by atoms with Gasteiger partial charge >= 0.3 is 12.4 Å². The quantitative estimate of drug-likeness (QED) is 0.292. The van der Waals surface area contributed by atoms with E-state index in [4.69, 9.17) is 0 Å². The van der Waals surface area contributed by atoms with Crippen LogP contribution in [0.5, 0.6) is 0 Å². The first-order valence-corrected chi connectivity index (χ1v) is 11.8. The molecule has 1 unspecified atom stereocenters. The van der Waals surface area contributed by atoms with Crippen molar-refractivity contribution in [1.82, 2.24) is 4.57 Å². The number of hydrogen-bond donors (Lipinski definition) is 1. The van der Waals surface area contributed by atoms with Crippen LogP contribution in [0.4, 0.5) is 37.7 Å². The van der Waals surface area contributed by atoms with Gasteiger partial charge in [-0.25, -0.2) is 0 Å². The molecule has 4 aromatic rings. The molecule has 0 saturated carbocycles. The molecule has 38 heavy (non-hydrogen) atoms. The predicted molar refractivity (Wildman–Crippen MR) is 131 cm³/mol. The predicted octanol–water partition coefficient (Wildman–Crippen LogP) is 6.84. The summed E-state index contributed by atoms with van der Waals surface area (Å²) in [4.78, 5) is 26.4. The molecule has 1 saturated heterocycles. The normalized spacial score (nSPS) is 16.6. The maximum absolute atomic E-state index is 13.3. The number of nitrogens with zero attached hydrogens (tertiary/aromatic N) is 2. The van der Waals surface area contributed by atoms with Crippen LogP contribution in [0.1, 0.15) is 24.5 Å². The zero-order valence-corrected chi connectivity index (χ0v) is 20.0. The van der Waals surface area contributed by atoms with Crippen LogP contribution in [-0.2, 0) is 28.5 Å². The SMILES string of the molecule is CCn1c2ccccc2c2cc(NC(=O)C3CC(=O)N(c4cc(C(F)(F)F)cc(C(F)(F)F)c4)C3)ccc21. The number of alkyl halides is 6. The number of fused-ring (bicyclic) bond motifs is 3. The molecule has 0 aliphatic carbocycles. The van der Waals surface area contributed by atoms with Crippen LogP contribution >= 0.6 is 0 Å². The minimum atomic E-state index is -5.05. The Bertz CT molecular complexity index is 1540. The van der Waals surface area contributed by atoms with E-state index in [0.717, 1.165) is 33.3 Å². The number of carbonyl (C=O) groups excluding carboxylic acids is 2. The standard InChI is InChI=1S/C27H21F6N3O2/c1-2-35-22-6-4-3-5-20(22)21-13-18(7-8-23(21)35)34-25(38)15-9-24(37)36(14-15)19-11-16(26(28,29)30)10-17(12-19)27(31,32)33/h3-8,10-13,15H,2,9,14H2,1H3,(H,34,38). The van der Waals surface area contributed by atoms with Gasteiger partial charge in [0, 0.05) is 52.7 Å². The van der Waals surface area contributed by atoms with Gasteiger partial charge in [0.2, 0.25) is 11.8 Å². The Morgan fingerprint density at radius 2 is 1.53 bits per heavy atom. The fourth-order valence-corrected chi connectivity index (χ4v) is 4.94. The number of benzene rings is 3. The Kier molecular flexibility index (Phi) is 6.12. The summed E-state index contributed by atoms with van der Waals surface area (Å²) in [5.74, 6) is -2.25. The fourth-order valence-electron chi connectivity index (χ4n) is 4.94. The summed E-state index contributed by atoms with van der Waals surface area (Å²) in [6.45, 7) is 2.41. The van der Waals surface area contributed by atoms with Crippen LogP contribution in [-0.4, -0.2) is 22.9 Å². The third kappa shape index (κ3) is 4.57. The Morgan fingerprint density at radius 1 is 0.895 bits per heavy atom. The molecule has 1 fully saturated rings. The van der Waals surface area contributed by atoms with Gasteiger partial charge in [0.25, 0.3) is 0 Å². The molecular formula is C27H21F6N3O2. The van der Waals surface area contributed by atoms with Crippen LogP contribution in [0, 0.1) is 5.92 Å². The van der Waals surface area contributed by atoms with E-state index in [-0.39, 0.29) is 19.0 Å². The second kappa shape index (κ2) is 9.07. The van der Waals surface area contributed by atoms with Crippen LogP contribution in [0.15, 0.2) is 60.7 Å². The van der Waals surface area contributed by atoms with Crippen molar-refractivity contribution in [3.05, 3.63) is 71.8 Å². The monoisotopic (exact) mass is 533 g/mol. The Hall–Kier alpha value is -4.02. The highest BCUT2D eigenvalue weighted by atomic mass is 19.4. The molecule has 5 nitrogen and oxygen atoms in total. The highest BCUT2D eigenvalue weighted by Crippen LogP contribution is 2.40. The number of hydrogen-bond acceptors (Lipinski definition) is 2. The lowest BCUT2D eigenvalue weighted by Gasteiger charge is -2.20. The van der Waals surface area contributed by atoms with Gasteiger partial charge in [0.1, 0.15) is 0 Å². The average molecular weight is 533 g/mol. The molecule has 1 aliphatic rings. The smallest absolute Gasteiger partial charge is 0.341 e. The van der Waals surface area contributed by atoms with E-state index in [9.17, 15) is 35.9 Å². The lowest BCUT2D eigenvalue weighted by atomic mass is 10.1. The van der Waals surface area contributed by atoms with E-state index in [1.165, 1.54) is 0 Å². The van der Waals surface area contributed by atoms with Gasteiger partial charge in [0.15, 0.2) is 0 Å². The summed E-state index contributed by atoms with van der Waals surface area (Å²) >= 11 is 0. The second-order valence-corrected chi connectivity index (χ2v) is 9.15. The van der Waals surface area contributed by atoms with Gasteiger partial charge in [-0.15, -0.1) is 0 Å². The van der Waals surface area contributed by atoms with Gasteiger partial charge in [-0.1, -0.05) is 18.2 Å². The van der Waals surface area contributed by atoms with Crippen molar-refractivity contribution >= 4 is 45.0 Å². The molecule has 198 valence electrons. The number of nitrogens with one attached hydrogen (secondary N) is 1. The van der Waals surface area contributed by atoms with Crippen LogP contribution in [0.2, 0.25) is 0 Å². The second-order valence-electron chi connectivity index (χ2n) is 9.15. The van der Waals surface area contributed by atoms with Crippen LogP contribution in [0.3, 0.4) is 0 Å². The summed E-state index contributed by atoms with van der Waals surface area (Å²) in [6.07, 6.45) is -10.4. The van der Waals surface area contributed by atoms with Crippen LogP contribution < -0.4 is 10.2 Å². The number of aromatic nitrogens is 1. The van der Waals surface area contributed by atoms with Gasteiger partial charge < -0.3 is 14.8 Å². The first kappa shape index (κ1) is 25.6. The molecule has 1 aliphatic heterocycles. The number of para-hydroxylation sites is 1. The molecule has 5 rings (SSSR count). The van der Waals surface area contributed by atoms with E-state index in [1.807, 2.05) is 37.3 Å². The van der Waals surface area contributed by atoms with Crippen molar-refractivity contribution in [3.8, 4) is 0 Å². The number of carbonyl (C=O) groups is 2. The molecule has 0 spiro atoms. The zero-order chi connectivity index (χ0) is 27.4. The minimum Gasteiger partial charge on any atom is -0.341 e. The summed E-state index contributed by atoms with van der Waals surface area (Å²) in [7, 11) is 0. The van der Waals surface area contributed by atoms with Gasteiger partial charge in [-0.05, 0) is 49.4 Å². The molecule has 1 atom stereocenters. The summed E-state index contributed by atoms with van der Waals surface area (Å²) in [5.41, 5.74) is -1.14. The van der Waals surface area contributed by atoms with E-state index in [1.54, 1.807) is 12.1 Å². The van der Waals surface area contributed by atoms with Crippen molar-refractivity contribution in [2.75, 3.05) is 16.8 Å². The van der Waals surface area contributed by atoms with Crippen LogP contribution in [0.25, 0.3) is 21.8 Å². The number of anilines is 2. The Morgan fingerprint density at radius 3 is 2.16 bits per heavy atom. The average Bonchev–Trinajstić information content (AvgIpc) is 3.40. The first-order chi connectivity index (χ1) is 17.9. The van der Waals surface area contributed by atoms with E-state index < -0.39 is 46.9 Å².